The van der Waals surface area contributed by atoms with Gasteiger partial charge in [0.1, 0.15) is 5.15 Å². The summed E-state index contributed by atoms with van der Waals surface area (Å²) in [5, 5.41) is 12.3. The van der Waals surface area contributed by atoms with Gasteiger partial charge in [0.25, 0.3) is 5.91 Å². The topological polar surface area (TPSA) is 62.2 Å². The Morgan fingerprint density at radius 3 is 2.63 bits per heavy atom. The first-order valence-corrected chi connectivity index (χ1v) is 6.69. The molecule has 0 aliphatic carbocycles. The van der Waals surface area contributed by atoms with E-state index in [1.165, 1.54) is 0 Å². The van der Waals surface area contributed by atoms with Crippen LogP contribution in [0.3, 0.4) is 0 Å². The van der Waals surface area contributed by atoms with Gasteiger partial charge in [-0.3, -0.25) is 4.79 Å². The second kappa shape index (κ2) is 6.35. The molecule has 1 amide bonds. The van der Waals surface area contributed by atoms with Crippen LogP contribution in [0.4, 0.5) is 0 Å². The summed E-state index contributed by atoms with van der Waals surface area (Å²) >= 11 is 5.92. The Morgan fingerprint density at radius 1 is 1.47 bits per heavy atom. The minimum atomic E-state index is -0.340. The van der Waals surface area contributed by atoms with E-state index in [9.17, 15) is 4.79 Å². The number of aliphatic hydroxyl groups excluding tert-OH is 1. The minimum absolute atomic E-state index is 0.0155. The fraction of sp³-hybridized carbons (Fsp3) is 0.571. The number of amides is 1. The molecule has 0 radical (unpaired) electrons. The average molecular weight is 285 g/mol. The standard InChI is InChI=1S/C14H21ClN2O2/c1-9(2)11-5-10(6-12(15)17-11)13(19)16-7-14(3,4)8-18/h5-6,9,18H,7-8H2,1-4H3,(H,16,19). The van der Waals surface area contributed by atoms with E-state index in [2.05, 4.69) is 10.3 Å². The molecule has 4 nitrogen and oxygen atoms in total. The summed E-state index contributed by atoms with van der Waals surface area (Å²) in [4.78, 5) is 16.2. The van der Waals surface area contributed by atoms with Gasteiger partial charge in [-0.25, -0.2) is 4.98 Å². The van der Waals surface area contributed by atoms with Crippen molar-refractivity contribution in [3.05, 3.63) is 28.5 Å². The highest BCUT2D eigenvalue weighted by atomic mass is 35.5. The van der Waals surface area contributed by atoms with Crippen LogP contribution in [0.1, 0.15) is 49.7 Å². The molecular weight excluding hydrogens is 264 g/mol. The fourth-order valence-corrected chi connectivity index (χ4v) is 1.64. The molecule has 0 aliphatic rings. The van der Waals surface area contributed by atoms with Crippen molar-refractivity contribution in [2.75, 3.05) is 13.2 Å². The van der Waals surface area contributed by atoms with Gasteiger partial charge in [0, 0.05) is 29.8 Å². The van der Waals surface area contributed by atoms with Crippen LogP contribution in [-0.2, 0) is 0 Å². The van der Waals surface area contributed by atoms with Gasteiger partial charge < -0.3 is 10.4 Å². The lowest BCUT2D eigenvalue weighted by Gasteiger charge is -2.21. The molecule has 0 aliphatic heterocycles. The van der Waals surface area contributed by atoms with E-state index in [0.717, 1.165) is 5.69 Å². The first-order chi connectivity index (χ1) is 8.75. The zero-order valence-corrected chi connectivity index (χ0v) is 12.6. The van der Waals surface area contributed by atoms with Crippen molar-refractivity contribution >= 4 is 17.5 Å². The SMILES string of the molecule is CC(C)c1cc(C(=O)NCC(C)(C)CO)cc(Cl)n1. The predicted octanol–water partition coefficient (Wildman–Crippen LogP) is 2.61. The van der Waals surface area contributed by atoms with Crippen LogP contribution >= 0.6 is 11.6 Å². The van der Waals surface area contributed by atoms with Gasteiger partial charge in [-0.15, -0.1) is 0 Å². The smallest absolute Gasteiger partial charge is 0.251 e. The third-order valence-electron chi connectivity index (χ3n) is 2.82. The molecular formula is C14H21ClN2O2. The maximum absolute atomic E-state index is 12.1. The highest BCUT2D eigenvalue weighted by molar-refractivity contribution is 6.29. The van der Waals surface area contributed by atoms with Crippen LogP contribution in [0.5, 0.6) is 0 Å². The Labute approximate surface area is 119 Å². The van der Waals surface area contributed by atoms with Crippen LogP contribution in [0.2, 0.25) is 5.15 Å². The number of carbonyl (C=O) groups is 1. The summed E-state index contributed by atoms with van der Waals surface area (Å²) in [5.74, 6) is 0.00635. The van der Waals surface area contributed by atoms with E-state index in [0.29, 0.717) is 17.3 Å². The third-order valence-corrected chi connectivity index (χ3v) is 3.02. The summed E-state index contributed by atoms with van der Waals surface area (Å²) in [6.07, 6.45) is 0. The Balaban J connectivity index is 2.83. The maximum Gasteiger partial charge on any atom is 0.251 e. The van der Waals surface area contributed by atoms with E-state index in [4.69, 9.17) is 16.7 Å². The van der Waals surface area contributed by atoms with Crippen molar-refractivity contribution in [1.82, 2.24) is 10.3 Å². The highest BCUT2D eigenvalue weighted by Crippen LogP contribution is 2.18. The van der Waals surface area contributed by atoms with Crippen molar-refractivity contribution in [2.45, 2.75) is 33.6 Å². The zero-order valence-electron chi connectivity index (χ0n) is 11.8. The van der Waals surface area contributed by atoms with Crippen molar-refractivity contribution in [3.8, 4) is 0 Å². The molecule has 0 saturated heterocycles. The summed E-state index contributed by atoms with van der Waals surface area (Å²) in [7, 11) is 0. The Hall–Kier alpha value is -1.13. The molecule has 0 bridgehead atoms. The van der Waals surface area contributed by atoms with Crippen LogP contribution < -0.4 is 5.32 Å². The van der Waals surface area contributed by atoms with Gasteiger partial charge in [-0.05, 0) is 18.1 Å². The lowest BCUT2D eigenvalue weighted by molar-refractivity contribution is 0.0911. The number of rotatable bonds is 5. The van der Waals surface area contributed by atoms with Gasteiger partial charge in [0.2, 0.25) is 0 Å². The van der Waals surface area contributed by atoms with Crippen molar-refractivity contribution < 1.29 is 9.90 Å². The predicted molar refractivity (Wildman–Crippen MR) is 76.5 cm³/mol. The van der Waals surface area contributed by atoms with E-state index in [-0.39, 0.29) is 23.8 Å². The number of halogens is 1. The second-order valence-electron chi connectivity index (χ2n) is 5.76. The molecule has 0 aromatic carbocycles. The molecule has 0 saturated carbocycles. The number of aromatic nitrogens is 1. The van der Waals surface area contributed by atoms with Crippen LogP contribution in [0.25, 0.3) is 0 Å². The lowest BCUT2D eigenvalue weighted by Crippen LogP contribution is -2.36. The molecule has 1 aromatic rings. The molecule has 1 aromatic heterocycles. The molecule has 106 valence electrons. The highest BCUT2D eigenvalue weighted by Gasteiger charge is 2.18. The van der Waals surface area contributed by atoms with E-state index in [1.807, 2.05) is 27.7 Å². The molecule has 1 rings (SSSR count). The van der Waals surface area contributed by atoms with Crippen molar-refractivity contribution in [2.24, 2.45) is 5.41 Å². The van der Waals surface area contributed by atoms with Gasteiger partial charge in [0.15, 0.2) is 0 Å². The van der Waals surface area contributed by atoms with Gasteiger partial charge in [-0.1, -0.05) is 39.3 Å². The molecule has 5 heteroatoms. The quantitative estimate of drug-likeness (QED) is 0.817. The first kappa shape index (κ1) is 15.9. The van der Waals surface area contributed by atoms with Crippen molar-refractivity contribution in [1.29, 1.82) is 0 Å². The van der Waals surface area contributed by atoms with E-state index >= 15 is 0 Å². The monoisotopic (exact) mass is 284 g/mol. The molecule has 2 N–H and O–H groups in total. The van der Waals surface area contributed by atoms with Crippen molar-refractivity contribution in [3.63, 3.8) is 0 Å². The maximum atomic E-state index is 12.1. The number of nitrogens with one attached hydrogen (secondary N) is 1. The molecule has 0 spiro atoms. The van der Waals surface area contributed by atoms with E-state index in [1.54, 1.807) is 12.1 Å². The normalized spacial score (nSPS) is 11.7. The Morgan fingerprint density at radius 2 is 2.11 bits per heavy atom. The summed E-state index contributed by atoms with van der Waals surface area (Å²) in [5.41, 5.74) is 0.949. The van der Waals surface area contributed by atoms with Gasteiger partial charge in [0.05, 0.1) is 0 Å². The fourth-order valence-electron chi connectivity index (χ4n) is 1.42. The summed E-state index contributed by atoms with van der Waals surface area (Å²) < 4.78 is 0. The number of hydrogen-bond donors (Lipinski definition) is 2. The molecule has 0 unspecified atom stereocenters. The van der Waals surface area contributed by atoms with E-state index < -0.39 is 0 Å². The number of pyridine rings is 1. The lowest BCUT2D eigenvalue weighted by atomic mass is 9.95. The Bertz CT molecular complexity index is 459. The number of hydrogen-bond acceptors (Lipinski definition) is 3. The van der Waals surface area contributed by atoms with Gasteiger partial charge >= 0.3 is 0 Å². The largest absolute Gasteiger partial charge is 0.396 e. The second-order valence-corrected chi connectivity index (χ2v) is 6.15. The number of carbonyl (C=O) groups excluding carboxylic acids is 1. The number of nitrogens with zero attached hydrogens (tertiary/aromatic N) is 1. The van der Waals surface area contributed by atoms with Gasteiger partial charge in [-0.2, -0.15) is 0 Å². The Kier molecular flexibility index (Phi) is 5.32. The van der Waals surface area contributed by atoms with Crippen LogP contribution in [0.15, 0.2) is 12.1 Å². The molecule has 0 fully saturated rings. The van der Waals surface area contributed by atoms with Crippen LogP contribution in [0, 0.1) is 5.41 Å². The van der Waals surface area contributed by atoms with Crippen LogP contribution in [-0.4, -0.2) is 29.1 Å². The zero-order chi connectivity index (χ0) is 14.6. The molecule has 19 heavy (non-hydrogen) atoms. The molecule has 1 heterocycles. The summed E-state index contributed by atoms with van der Waals surface area (Å²) in [6, 6.07) is 3.30. The molecule has 0 atom stereocenters. The minimum Gasteiger partial charge on any atom is -0.396 e. The average Bonchev–Trinajstić information content (AvgIpc) is 2.35. The summed E-state index contributed by atoms with van der Waals surface area (Å²) in [6.45, 7) is 8.17. The number of aliphatic hydroxyl groups is 1. The first-order valence-electron chi connectivity index (χ1n) is 6.32. The third kappa shape index (κ3) is 4.80.